The number of halogens is 1. The van der Waals surface area contributed by atoms with Gasteiger partial charge in [0.25, 0.3) is 0 Å². The molecule has 0 aliphatic carbocycles. The van der Waals surface area contributed by atoms with Crippen LogP contribution in [0.4, 0.5) is 0 Å². The third-order valence-corrected chi connectivity index (χ3v) is 4.79. The van der Waals surface area contributed by atoms with Crippen molar-refractivity contribution in [3.8, 4) is 5.69 Å². The van der Waals surface area contributed by atoms with E-state index in [4.69, 9.17) is 0 Å². The molecule has 26 heavy (non-hydrogen) atoms. The van der Waals surface area contributed by atoms with Gasteiger partial charge in [-0.3, -0.25) is 4.99 Å². The van der Waals surface area contributed by atoms with Gasteiger partial charge in [0.2, 0.25) is 0 Å². The number of guanidine groups is 1. The molecule has 138 valence electrons. The highest BCUT2D eigenvalue weighted by Gasteiger charge is 2.09. The van der Waals surface area contributed by atoms with E-state index in [1.54, 1.807) is 18.4 Å². The van der Waals surface area contributed by atoms with E-state index in [2.05, 4.69) is 63.4 Å². The topological polar surface area (TPSA) is 54.2 Å². The summed E-state index contributed by atoms with van der Waals surface area (Å²) in [6.07, 6.45) is 0. The number of thiophene rings is 1. The highest BCUT2D eigenvalue weighted by Crippen LogP contribution is 2.17. The summed E-state index contributed by atoms with van der Waals surface area (Å²) in [7, 11) is 1.79. The lowest BCUT2D eigenvalue weighted by molar-refractivity contribution is 0.783. The Morgan fingerprint density at radius 1 is 1.12 bits per heavy atom. The smallest absolute Gasteiger partial charge is 0.191 e. The maximum absolute atomic E-state index is 4.60. The summed E-state index contributed by atoms with van der Waals surface area (Å²) in [6, 6.07) is 14.6. The number of hydrogen-bond acceptors (Lipinski definition) is 3. The largest absolute Gasteiger partial charge is 0.352 e. The summed E-state index contributed by atoms with van der Waals surface area (Å²) in [5.74, 6) is 0.788. The van der Waals surface area contributed by atoms with E-state index in [-0.39, 0.29) is 24.0 Å². The molecule has 0 radical (unpaired) electrons. The quantitative estimate of drug-likeness (QED) is 0.329. The maximum atomic E-state index is 4.60. The molecule has 0 spiro atoms. The molecule has 0 aliphatic rings. The van der Waals surface area contributed by atoms with Crippen molar-refractivity contribution in [2.24, 2.45) is 4.99 Å². The first-order valence-corrected chi connectivity index (χ1v) is 9.14. The lowest BCUT2D eigenvalue weighted by atomic mass is 10.1. The first kappa shape index (κ1) is 20.4. The Morgan fingerprint density at radius 3 is 2.54 bits per heavy atom. The number of benzene rings is 1. The molecular weight excluding hydrogens is 457 g/mol. The van der Waals surface area contributed by atoms with Gasteiger partial charge < -0.3 is 10.6 Å². The molecule has 0 bridgehead atoms. The number of aromatic nitrogens is 2. The van der Waals surface area contributed by atoms with E-state index < -0.39 is 0 Å². The lowest BCUT2D eigenvalue weighted by Gasteiger charge is -2.14. The molecule has 0 atom stereocenters. The monoisotopic (exact) mass is 481 g/mol. The minimum atomic E-state index is 0. The van der Waals surface area contributed by atoms with Crippen molar-refractivity contribution in [2.75, 3.05) is 7.05 Å². The molecule has 3 rings (SSSR count). The van der Waals surface area contributed by atoms with Crippen LogP contribution in [0.15, 0.2) is 52.8 Å². The first-order valence-electron chi connectivity index (χ1n) is 8.26. The molecule has 0 saturated carbocycles. The molecule has 7 heteroatoms. The van der Waals surface area contributed by atoms with Crippen molar-refractivity contribution < 1.29 is 0 Å². The lowest BCUT2D eigenvalue weighted by Crippen LogP contribution is -2.36. The molecule has 0 aliphatic heterocycles. The maximum Gasteiger partial charge on any atom is 0.191 e. The SMILES string of the molecule is CN=C(NCc1cccs1)NCc1ccccc1-n1nc(C)cc1C.I. The number of hydrogen-bond donors (Lipinski definition) is 2. The fourth-order valence-electron chi connectivity index (χ4n) is 2.72. The van der Waals surface area contributed by atoms with E-state index in [0.717, 1.165) is 29.6 Å². The van der Waals surface area contributed by atoms with Crippen LogP contribution in [0.1, 0.15) is 21.8 Å². The Labute approximate surface area is 175 Å². The second kappa shape index (κ2) is 9.72. The predicted octanol–water partition coefficient (Wildman–Crippen LogP) is 4.03. The Balaban J connectivity index is 0.00000243. The molecule has 0 amide bonds. The molecule has 5 nitrogen and oxygen atoms in total. The van der Waals surface area contributed by atoms with Crippen LogP contribution >= 0.6 is 35.3 Å². The van der Waals surface area contributed by atoms with Gasteiger partial charge in [-0.2, -0.15) is 5.10 Å². The second-order valence-corrected chi connectivity index (χ2v) is 6.86. The Morgan fingerprint density at radius 2 is 1.88 bits per heavy atom. The second-order valence-electron chi connectivity index (χ2n) is 5.83. The number of nitrogens with zero attached hydrogens (tertiary/aromatic N) is 3. The minimum Gasteiger partial charge on any atom is -0.352 e. The Kier molecular flexibility index (Phi) is 7.65. The van der Waals surface area contributed by atoms with Gasteiger partial charge in [0, 0.05) is 24.2 Å². The van der Waals surface area contributed by atoms with Gasteiger partial charge in [-0.05, 0) is 43.0 Å². The molecule has 0 fully saturated rings. The van der Waals surface area contributed by atoms with Gasteiger partial charge in [-0.25, -0.2) is 4.68 Å². The normalized spacial score (nSPS) is 11.1. The zero-order valence-corrected chi connectivity index (χ0v) is 18.3. The van der Waals surface area contributed by atoms with Crippen LogP contribution in [0.25, 0.3) is 5.69 Å². The van der Waals surface area contributed by atoms with Crippen molar-refractivity contribution in [3.63, 3.8) is 0 Å². The van der Waals surface area contributed by atoms with Crippen LogP contribution in [0.2, 0.25) is 0 Å². The van der Waals surface area contributed by atoms with Crippen LogP contribution in [-0.2, 0) is 13.1 Å². The summed E-state index contributed by atoms with van der Waals surface area (Å²) in [5.41, 5.74) is 4.42. The van der Waals surface area contributed by atoms with Crippen molar-refractivity contribution in [2.45, 2.75) is 26.9 Å². The number of aryl methyl sites for hydroxylation is 2. The molecule has 2 aromatic heterocycles. The number of aliphatic imine (C=N–C) groups is 1. The third-order valence-electron chi connectivity index (χ3n) is 3.91. The Bertz CT molecular complexity index is 855. The predicted molar refractivity (Wildman–Crippen MR) is 120 cm³/mol. The summed E-state index contributed by atoms with van der Waals surface area (Å²) in [6.45, 7) is 5.54. The van der Waals surface area contributed by atoms with Crippen LogP contribution in [0.5, 0.6) is 0 Å². The van der Waals surface area contributed by atoms with E-state index in [1.807, 2.05) is 23.7 Å². The highest BCUT2D eigenvalue weighted by molar-refractivity contribution is 14.0. The van der Waals surface area contributed by atoms with Gasteiger partial charge in [0.1, 0.15) is 0 Å². The summed E-state index contributed by atoms with van der Waals surface area (Å²) < 4.78 is 1.99. The standard InChI is InChI=1S/C19H23N5S.HI/c1-14-11-15(2)24(23-14)18-9-5-4-7-16(18)12-21-19(20-3)22-13-17-8-6-10-25-17;/h4-11H,12-13H2,1-3H3,(H2,20,21,22);1H. The fourth-order valence-corrected chi connectivity index (χ4v) is 3.37. The number of nitrogens with one attached hydrogen (secondary N) is 2. The number of para-hydroxylation sites is 1. The van der Waals surface area contributed by atoms with Crippen molar-refractivity contribution in [3.05, 3.63) is 69.7 Å². The average Bonchev–Trinajstić information content (AvgIpc) is 3.24. The van der Waals surface area contributed by atoms with Crippen molar-refractivity contribution in [1.29, 1.82) is 0 Å². The highest BCUT2D eigenvalue weighted by atomic mass is 127. The number of rotatable bonds is 5. The van der Waals surface area contributed by atoms with Crippen LogP contribution in [-0.4, -0.2) is 22.8 Å². The molecule has 2 N–H and O–H groups in total. The zero-order valence-electron chi connectivity index (χ0n) is 15.2. The molecular formula is C19H24IN5S. The van der Waals surface area contributed by atoms with E-state index >= 15 is 0 Å². The average molecular weight is 481 g/mol. The van der Waals surface area contributed by atoms with E-state index in [0.29, 0.717) is 6.54 Å². The van der Waals surface area contributed by atoms with E-state index in [1.165, 1.54) is 10.4 Å². The van der Waals surface area contributed by atoms with Crippen molar-refractivity contribution in [1.82, 2.24) is 20.4 Å². The first-order chi connectivity index (χ1) is 12.2. The summed E-state index contributed by atoms with van der Waals surface area (Å²) in [5, 5.41) is 13.4. The summed E-state index contributed by atoms with van der Waals surface area (Å²) >= 11 is 1.74. The van der Waals surface area contributed by atoms with Crippen LogP contribution < -0.4 is 10.6 Å². The van der Waals surface area contributed by atoms with Gasteiger partial charge in [-0.1, -0.05) is 24.3 Å². The van der Waals surface area contributed by atoms with Gasteiger partial charge >= 0.3 is 0 Å². The molecule has 2 heterocycles. The summed E-state index contributed by atoms with van der Waals surface area (Å²) in [4.78, 5) is 5.59. The fraction of sp³-hybridized carbons (Fsp3) is 0.263. The van der Waals surface area contributed by atoms with Gasteiger partial charge in [0.05, 0.1) is 17.9 Å². The molecule has 0 unspecified atom stereocenters. The molecule has 3 aromatic rings. The minimum absolute atomic E-state index is 0. The van der Waals surface area contributed by atoms with Gasteiger partial charge in [0.15, 0.2) is 5.96 Å². The van der Waals surface area contributed by atoms with Gasteiger partial charge in [-0.15, -0.1) is 35.3 Å². The molecule has 1 aromatic carbocycles. The van der Waals surface area contributed by atoms with Crippen molar-refractivity contribution >= 4 is 41.3 Å². The van der Waals surface area contributed by atoms with E-state index in [9.17, 15) is 0 Å². The molecule has 0 saturated heterocycles. The Hall–Kier alpha value is -1.87. The van der Waals surface area contributed by atoms with Crippen LogP contribution in [0.3, 0.4) is 0 Å². The third kappa shape index (κ3) is 5.07. The van der Waals surface area contributed by atoms with Crippen LogP contribution in [0, 0.1) is 13.8 Å². The zero-order chi connectivity index (χ0) is 17.6.